The summed E-state index contributed by atoms with van der Waals surface area (Å²) in [6, 6.07) is 0. The summed E-state index contributed by atoms with van der Waals surface area (Å²) in [5.74, 6) is 0. The summed E-state index contributed by atoms with van der Waals surface area (Å²) < 4.78 is 25.8. The van der Waals surface area contributed by atoms with Gasteiger partial charge in [0.15, 0.2) is 0 Å². The van der Waals surface area contributed by atoms with E-state index in [0.29, 0.717) is 6.54 Å². The molecule has 0 saturated heterocycles. The molecule has 8 nitrogen and oxygen atoms in total. The zero-order chi connectivity index (χ0) is 12.1. The van der Waals surface area contributed by atoms with Crippen molar-refractivity contribution in [1.82, 2.24) is 8.57 Å². The first-order valence-corrected chi connectivity index (χ1v) is 9.65. The van der Waals surface area contributed by atoms with Crippen molar-refractivity contribution in [3.05, 3.63) is 0 Å². The summed E-state index contributed by atoms with van der Waals surface area (Å²) >= 11 is 0. The number of hydrogen-bond acceptors (Lipinski definition) is 4. The Bertz CT molecular complexity index is 278. The predicted octanol–water partition coefficient (Wildman–Crippen LogP) is 0.550. The van der Waals surface area contributed by atoms with Crippen molar-refractivity contribution in [2.24, 2.45) is 22.0 Å². The van der Waals surface area contributed by atoms with Gasteiger partial charge in [-0.15, -0.1) is 0 Å². The minimum atomic E-state index is -3.31. The molecule has 0 saturated carbocycles. The molecule has 0 radical (unpaired) electrons. The maximum absolute atomic E-state index is 11.3. The van der Waals surface area contributed by atoms with Gasteiger partial charge in [0.25, 0.3) is 15.2 Å². The van der Waals surface area contributed by atoms with Gasteiger partial charge in [-0.3, -0.25) is 31.1 Å². The van der Waals surface area contributed by atoms with Crippen molar-refractivity contribution in [2.45, 2.75) is 13.3 Å². The van der Waals surface area contributed by atoms with E-state index in [4.69, 9.17) is 22.0 Å². The van der Waals surface area contributed by atoms with Crippen LogP contribution in [0.5, 0.6) is 0 Å². The fourth-order valence-corrected chi connectivity index (χ4v) is 5.49. The van der Waals surface area contributed by atoms with Crippen molar-refractivity contribution in [3.63, 3.8) is 0 Å². The van der Waals surface area contributed by atoms with Gasteiger partial charge < -0.3 is 0 Å². The largest absolute Gasteiger partial charge is 0.286 e. The first-order valence-electron chi connectivity index (χ1n) is 3.90. The first kappa shape index (κ1) is 15.9. The minimum absolute atomic E-state index is 0.447. The van der Waals surface area contributed by atoms with Crippen LogP contribution in [0.1, 0.15) is 13.3 Å². The second-order valence-electron chi connectivity index (χ2n) is 2.71. The lowest BCUT2D eigenvalue weighted by atomic mass is 10.5. The summed E-state index contributed by atoms with van der Waals surface area (Å²) in [6.07, 6.45) is 0.731. The van der Waals surface area contributed by atoms with E-state index in [0.717, 1.165) is 28.4 Å². The molecule has 0 bridgehead atoms. The highest BCUT2D eigenvalue weighted by Crippen LogP contribution is 2.44. The summed E-state index contributed by atoms with van der Waals surface area (Å²) in [6.45, 7) is 2.33. The van der Waals surface area contributed by atoms with Gasteiger partial charge in [0.05, 0.1) is 0 Å². The lowest BCUT2D eigenvalue weighted by Gasteiger charge is -2.22. The fourth-order valence-electron chi connectivity index (χ4n) is 0.555. The molecule has 0 amide bonds. The summed E-state index contributed by atoms with van der Waals surface area (Å²) in [5.41, 5.74) is 20.6. The molecule has 0 fully saturated rings. The third kappa shape index (κ3) is 8.70. The molecule has 0 rings (SSSR count). The van der Waals surface area contributed by atoms with Gasteiger partial charge in [-0.1, -0.05) is 6.92 Å². The average molecular weight is 294 g/mol. The van der Waals surface area contributed by atoms with Gasteiger partial charge >= 0.3 is 0 Å². The number of rotatable bonds is 7. The third-order valence-corrected chi connectivity index (χ3v) is 6.61. The molecule has 92 valence electrons. The van der Waals surface area contributed by atoms with Crippen LogP contribution in [0.25, 0.3) is 0 Å². The van der Waals surface area contributed by atoms with Crippen LogP contribution >= 0.6 is 37.1 Å². The molecule has 0 aromatic rings. The van der Waals surface area contributed by atoms with Gasteiger partial charge in [-0.25, -0.2) is 0 Å². The van der Waals surface area contributed by atoms with Gasteiger partial charge in [-0.2, -0.15) is 8.57 Å². The minimum Gasteiger partial charge on any atom is -0.271 e. The van der Waals surface area contributed by atoms with Crippen LogP contribution in [0.15, 0.2) is 0 Å². The van der Waals surface area contributed by atoms with Crippen LogP contribution in [-0.4, -0.2) is 10.6 Å². The van der Waals surface area contributed by atoms with Crippen molar-refractivity contribution in [1.29, 1.82) is 0 Å². The molecule has 9 N–H and O–H groups in total. The van der Waals surface area contributed by atoms with Crippen LogP contribution in [-0.2, 0) is 9.13 Å². The maximum atomic E-state index is 11.3. The Labute approximate surface area is 97.0 Å². The second kappa shape index (κ2) is 6.61. The summed E-state index contributed by atoms with van der Waals surface area (Å²) in [4.78, 5) is 0. The highest BCUT2D eigenvalue weighted by atomic mass is 33.1. The van der Waals surface area contributed by atoms with Crippen molar-refractivity contribution >= 4 is 37.1 Å². The molecule has 0 spiro atoms. The van der Waals surface area contributed by atoms with E-state index in [2.05, 4.69) is 4.49 Å². The van der Waals surface area contributed by atoms with Crippen molar-refractivity contribution < 1.29 is 9.13 Å². The monoisotopic (exact) mass is 294 g/mol. The van der Waals surface area contributed by atoms with Gasteiger partial charge in [0.1, 0.15) is 0 Å². The van der Waals surface area contributed by atoms with Gasteiger partial charge in [0.2, 0.25) is 0 Å². The Morgan fingerprint density at radius 1 is 1.27 bits per heavy atom. The van der Waals surface area contributed by atoms with E-state index in [1.807, 2.05) is 6.92 Å². The second-order valence-corrected chi connectivity index (χ2v) is 8.66. The van der Waals surface area contributed by atoms with Crippen LogP contribution in [0, 0.1) is 0 Å². The Morgan fingerprint density at radius 3 is 2.13 bits per heavy atom. The Hall–Kier alpha value is 0.920. The quantitative estimate of drug-likeness (QED) is 0.255. The number of nitrogens with zero attached hydrogens (tertiary/aromatic N) is 1. The topological polar surface area (TPSA) is 153 Å². The van der Waals surface area contributed by atoms with Crippen molar-refractivity contribution in [2.75, 3.05) is 6.54 Å². The molecule has 0 aliphatic carbocycles. The zero-order valence-corrected chi connectivity index (χ0v) is 11.6. The standard InChI is InChI=1S/C3H16N6O2P2S2/c1-2-3-9(13(6,7)11)15-14-8-12(4,5)10/h2-3H2,1H3,(H4,6,7,11)(H5,4,5,8,10). The van der Waals surface area contributed by atoms with Crippen LogP contribution in [0.4, 0.5) is 0 Å². The SMILES string of the molecule is CCCN(SSNP(N)(N)=O)P(N)(N)=O. The Morgan fingerprint density at radius 2 is 1.80 bits per heavy atom. The Kier molecular flexibility index (Phi) is 7.01. The average Bonchev–Trinajstić information content (AvgIpc) is 1.98. The van der Waals surface area contributed by atoms with Crippen molar-refractivity contribution in [3.8, 4) is 0 Å². The summed E-state index contributed by atoms with van der Waals surface area (Å²) in [7, 11) is -4.75. The molecule has 0 aliphatic rings. The predicted molar refractivity (Wildman–Crippen MR) is 67.3 cm³/mol. The van der Waals surface area contributed by atoms with E-state index in [-0.39, 0.29) is 0 Å². The van der Waals surface area contributed by atoms with E-state index < -0.39 is 15.2 Å². The highest BCUT2D eigenvalue weighted by Gasteiger charge is 2.22. The van der Waals surface area contributed by atoms with Crippen LogP contribution in [0.3, 0.4) is 0 Å². The van der Waals surface area contributed by atoms with Gasteiger partial charge in [0, 0.05) is 28.5 Å². The number of nitrogens with one attached hydrogen (secondary N) is 1. The third-order valence-electron chi connectivity index (χ3n) is 1.07. The molecule has 0 unspecified atom stereocenters. The molecule has 15 heavy (non-hydrogen) atoms. The molecule has 0 aliphatic heterocycles. The molecular formula is C3H16N6O2P2S2. The normalized spacial score (nSPS) is 13.5. The molecule has 12 heteroatoms. The number of nitrogens with two attached hydrogens (primary N) is 4. The summed E-state index contributed by atoms with van der Waals surface area (Å²) in [5, 5.41) is 0. The fraction of sp³-hybridized carbons (Fsp3) is 1.00. The number of hydrogen-bond donors (Lipinski definition) is 5. The maximum Gasteiger partial charge on any atom is 0.286 e. The van der Waals surface area contributed by atoms with Crippen LogP contribution < -0.4 is 26.5 Å². The smallest absolute Gasteiger partial charge is 0.271 e. The molecule has 0 aromatic carbocycles. The molecular weight excluding hydrogens is 278 g/mol. The molecule has 0 aromatic heterocycles. The zero-order valence-electron chi connectivity index (χ0n) is 8.20. The molecule has 0 heterocycles. The van der Waals surface area contributed by atoms with Gasteiger partial charge in [-0.05, 0) is 6.42 Å². The lowest BCUT2D eigenvalue weighted by molar-refractivity contribution is 0.534. The Balaban J connectivity index is 4.09. The van der Waals surface area contributed by atoms with Crippen LogP contribution in [0.2, 0.25) is 0 Å². The van der Waals surface area contributed by atoms with E-state index in [9.17, 15) is 9.13 Å². The van der Waals surface area contributed by atoms with E-state index in [1.165, 1.54) is 4.08 Å². The lowest BCUT2D eigenvalue weighted by Crippen LogP contribution is -2.24. The molecule has 0 atom stereocenters. The highest BCUT2D eigenvalue weighted by molar-refractivity contribution is 8.76. The first-order chi connectivity index (χ1) is 6.67. The van der Waals surface area contributed by atoms with E-state index in [1.54, 1.807) is 0 Å². The van der Waals surface area contributed by atoms with E-state index >= 15 is 0 Å².